The smallest absolute Gasteiger partial charge is 0.270 e. The van der Waals surface area contributed by atoms with E-state index in [0.717, 1.165) is 22.2 Å². The maximum atomic E-state index is 13.0. The first-order chi connectivity index (χ1) is 17.6. The van der Waals surface area contributed by atoms with E-state index in [4.69, 9.17) is 4.74 Å². The number of hydrogen-bond acceptors (Lipinski definition) is 4. The van der Waals surface area contributed by atoms with Crippen LogP contribution in [0.15, 0.2) is 84.6 Å². The van der Waals surface area contributed by atoms with Gasteiger partial charge in [0.2, 0.25) is 0 Å². The second-order valence-corrected chi connectivity index (χ2v) is 9.06. The Balaban J connectivity index is 0.00000172. The van der Waals surface area contributed by atoms with Crippen molar-refractivity contribution in [1.82, 2.24) is 15.3 Å². The Morgan fingerprint density at radius 3 is 2.21 bits per heavy atom. The third kappa shape index (κ3) is 11.2. The highest BCUT2D eigenvalue weighted by molar-refractivity contribution is 5.92. The number of ether oxygens (including phenoxy) is 1. The number of rotatable bonds is 9. The molecule has 2 aromatic carbocycles. The van der Waals surface area contributed by atoms with Crippen LogP contribution in [-0.2, 0) is 0 Å². The van der Waals surface area contributed by atoms with Crippen LogP contribution in [0.25, 0.3) is 11.4 Å². The fourth-order valence-electron chi connectivity index (χ4n) is 2.99. The van der Waals surface area contributed by atoms with E-state index < -0.39 is 0 Å². The Morgan fingerprint density at radius 2 is 1.66 bits per heavy atom. The van der Waals surface area contributed by atoms with Crippen molar-refractivity contribution in [2.24, 2.45) is 0 Å². The van der Waals surface area contributed by atoms with Crippen molar-refractivity contribution in [1.29, 1.82) is 0 Å². The van der Waals surface area contributed by atoms with Crippen molar-refractivity contribution in [3.63, 3.8) is 0 Å². The molecule has 0 aliphatic heterocycles. The molecule has 0 aliphatic carbocycles. The van der Waals surface area contributed by atoms with Gasteiger partial charge >= 0.3 is 0 Å². The average Bonchev–Trinajstić information content (AvgIpc) is 2.87. The largest absolute Gasteiger partial charge is 0.457 e. The number of terminal acetylenes is 1. The Bertz CT molecular complexity index is 1250. The predicted octanol–water partition coefficient (Wildman–Crippen LogP) is 6.29. The number of carbonyl (C=O) groups excluding carboxylic acids is 1. The van der Waals surface area contributed by atoms with Crippen molar-refractivity contribution in [3.05, 3.63) is 96.1 Å². The average molecular weight is 518 g/mol. The zero-order valence-electron chi connectivity index (χ0n) is 22.0. The molecule has 1 heterocycles. The first kappa shape index (κ1) is 31.7. The monoisotopic (exact) mass is 517 g/mol. The van der Waals surface area contributed by atoms with Crippen molar-refractivity contribution in [2.45, 2.75) is 21.3 Å². The molecule has 7 heteroatoms. The van der Waals surface area contributed by atoms with Crippen LogP contribution < -0.4 is 10.1 Å². The lowest BCUT2D eigenvalue weighted by Crippen LogP contribution is -2.34. The number of allylic oxidation sites excluding steroid dienone is 1. The summed E-state index contributed by atoms with van der Waals surface area (Å²) in [4.78, 5) is 21.4. The molecule has 1 N–H and O–H groups in total. The molecule has 1 aromatic heterocycles. The lowest BCUT2D eigenvalue weighted by Gasteiger charge is -2.21. The number of amides is 1. The number of nitrogens with one attached hydrogen (secondary N) is 1. The minimum absolute atomic E-state index is 0. The fourth-order valence-corrected chi connectivity index (χ4v) is 2.99. The summed E-state index contributed by atoms with van der Waals surface area (Å²) in [7, 11) is 6.38. The number of aromatic nitrogens is 2. The Labute approximate surface area is 226 Å². The number of likely N-dealkylation sites (N-methyl/N-ethyl adjacent to an activating group) is 1. The Morgan fingerprint density at radius 1 is 1.08 bits per heavy atom. The number of halogens is 1. The van der Waals surface area contributed by atoms with E-state index in [1.165, 1.54) is 12.1 Å². The van der Waals surface area contributed by atoms with Gasteiger partial charge in [0.15, 0.2) is 5.82 Å². The topological polar surface area (TPSA) is 64.1 Å². The molecule has 0 aliphatic rings. The molecular formula is C31H38FN4O2+. The first-order valence-corrected chi connectivity index (χ1v) is 11.8. The van der Waals surface area contributed by atoms with Crippen molar-refractivity contribution < 1.29 is 18.4 Å². The number of nitrogens with zero attached hydrogens (tertiary/aromatic N) is 3. The van der Waals surface area contributed by atoms with Gasteiger partial charge in [-0.3, -0.25) is 4.79 Å². The molecule has 200 valence electrons. The first-order valence-electron chi connectivity index (χ1n) is 11.8. The predicted molar refractivity (Wildman–Crippen MR) is 153 cm³/mol. The van der Waals surface area contributed by atoms with Crippen LogP contribution in [0.5, 0.6) is 11.5 Å². The molecule has 0 radical (unpaired) electrons. The summed E-state index contributed by atoms with van der Waals surface area (Å²) in [6.45, 7) is 4.91. The third-order valence-corrected chi connectivity index (χ3v) is 4.86. The maximum Gasteiger partial charge on any atom is 0.270 e. The van der Waals surface area contributed by atoms with E-state index in [9.17, 15) is 9.18 Å². The van der Waals surface area contributed by atoms with E-state index in [-0.39, 0.29) is 19.2 Å². The van der Waals surface area contributed by atoms with Crippen LogP contribution in [0, 0.1) is 18.2 Å². The van der Waals surface area contributed by atoms with Crippen LogP contribution in [-0.4, -0.2) is 54.6 Å². The van der Waals surface area contributed by atoms with Crippen LogP contribution in [0.3, 0.4) is 0 Å². The van der Waals surface area contributed by atoms with Crippen molar-refractivity contribution >= 4 is 5.91 Å². The minimum Gasteiger partial charge on any atom is -0.457 e. The molecule has 0 saturated carbocycles. The molecule has 0 spiro atoms. The fraction of sp³-hybridized carbons (Fsp3) is 0.258. The van der Waals surface area contributed by atoms with E-state index in [2.05, 4.69) is 54.8 Å². The molecule has 0 bridgehead atoms. The molecule has 6 nitrogen and oxygen atoms in total. The molecule has 0 saturated heterocycles. The van der Waals surface area contributed by atoms with Gasteiger partial charge in [-0.15, -0.1) is 12.3 Å². The molecule has 0 fully saturated rings. The summed E-state index contributed by atoms with van der Waals surface area (Å²) in [6.07, 6.45) is 12.3. The van der Waals surface area contributed by atoms with Gasteiger partial charge in [0, 0.05) is 18.3 Å². The highest BCUT2D eigenvalue weighted by Gasteiger charge is 2.11. The lowest BCUT2D eigenvalue weighted by molar-refractivity contribution is -0.864. The summed E-state index contributed by atoms with van der Waals surface area (Å²) in [5, 5.41) is 2.92. The minimum atomic E-state index is -0.318. The van der Waals surface area contributed by atoms with Crippen molar-refractivity contribution in [2.75, 3.05) is 34.2 Å². The van der Waals surface area contributed by atoms with Gasteiger partial charge in [-0.2, -0.15) is 0 Å². The van der Waals surface area contributed by atoms with Gasteiger partial charge in [0.05, 0.1) is 27.7 Å². The van der Waals surface area contributed by atoms with E-state index in [1.54, 1.807) is 43.5 Å². The number of hydrogen-bond donors (Lipinski definition) is 1. The maximum absolute atomic E-state index is 13.0. The van der Waals surface area contributed by atoms with E-state index >= 15 is 0 Å². The third-order valence-electron chi connectivity index (χ3n) is 4.86. The van der Waals surface area contributed by atoms with E-state index in [1.807, 2.05) is 31.2 Å². The van der Waals surface area contributed by atoms with Gasteiger partial charge in [0.1, 0.15) is 23.0 Å². The zero-order chi connectivity index (χ0) is 27.3. The normalized spacial score (nSPS) is 11.0. The molecule has 3 rings (SSSR count). The van der Waals surface area contributed by atoms with Gasteiger partial charge in [-0.25, -0.2) is 14.4 Å². The van der Waals surface area contributed by atoms with Gasteiger partial charge in [-0.05, 0) is 80.1 Å². The zero-order valence-corrected chi connectivity index (χ0v) is 22.0. The summed E-state index contributed by atoms with van der Waals surface area (Å²) < 4.78 is 19.6. The highest BCUT2D eigenvalue weighted by atomic mass is 19.1. The lowest BCUT2D eigenvalue weighted by atomic mass is 10.2. The van der Waals surface area contributed by atoms with Gasteiger partial charge in [-0.1, -0.05) is 19.6 Å². The summed E-state index contributed by atoms with van der Waals surface area (Å²) >= 11 is 0. The molecular weight excluding hydrogens is 479 g/mol. The molecule has 38 heavy (non-hydrogen) atoms. The molecule has 0 unspecified atom stereocenters. The summed E-state index contributed by atoms with van der Waals surface area (Å²) in [5.74, 6) is 3.25. The van der Waals surface area contributed by atoms with Gasteiger partial charge < -0.3 is 14.5 Å². The molecule has 0 atom stereocenters. The Hall–Kier alpha value is -4.28. The standard InChI is InChI=1S/C27H29FN4O2.C3H4.CH4/c1-5-20(7-6-18-32(2,3)4)19-30-27(33)25-16-17-29-26(31-25)21-8-12-23(13-9-21)34-24-14-10-22(28)11-15-24;1-3-2;/h5-17H,18-19H2,1-4H3;1H,2H3;1H4/p+1/b7-6-,20-5+;;. The SMILES string of the molecule is C.C#CC.C/C=C(\C=C/C[N+](C)(C)C)CNC(=O)c1ccnc(-c2ccc(Oc3ccc(F)cc3)cc2)n1. The number of carbonyl (C=O) groups is 1. The quantitative estimate of drug-likeness (QED) is 0.206. The summed E-state index contributed by atoms with van der Waals surface area (Å²) in [5.41, 5.74) is 2.06. The summed E-state index contributed by atoms with van der Waals surface area (Å²) in [6, 6.07) is 14.6. The Kier molecular flexibility index (Phi) is 13.2. The van der Waals surface area contributed by atoms with Crippen LogP contribution in [0.2, 0.25) is 0 Å². The second-order valence-electron chi connectivity index (χ2n) is 9.06. The van der Waals surface area contributed by atoms with E-state index in [0.29, 0.717) is 29.6 Å². The van der Waals surface area contributed by atoms with Crippen LogP contribution in [0.1, 0.15) is 31.8 Å². The second kappa shape index (κ2) is 15.7. The van der Waals surface area contributed by atoms with Crippen molar-refractivity contribution in [3.8, 4) is 35.2 Å². The van der Waals surface area contributed by atoms with Crippen LogP contribution in [0.4, 0.5) is 4.39 Å². The molecule has 3 aromatic rings. The molecule has 1 amide bonds. The number of benzene rings is 2. The van der Waals surface area contributed by atoms with Gasteiger partial charge in [0.25, 0.3) is 5.91 Å². The van der Waals surface area contributed by atoms with Crippen LogP contribution >= 0.6 is 0 Å². The highest BCUT2D eigenvalue weighted by Crippen LogP contribution is 2.24. The number of quaternary nitrogens is 1.